The second-order valence-electron chi connectivity index (χ2n) is 6.22. The molecule has 1 aliphatic rings. The van der Waals surface area contributed by atoms with Crippen LogP contribution in [0.2, 0.25) is 5.02 Å². The van der Waals surface area contributed by atoms with Crippen molar-refractivity contribution < 1.29 is 14.3 Å². The molecule has 7 heteroatoms. The fraction of sp³-hybridized carbons (Fsp3) is 0.316. The molecule has 0 aliphatic heterocycles. The highest BCUT2D eigenvalue weighted by Crippen LogP contribution is 2.28. The molecule has 2 amide bonds. The number of carbonyl (C=O) groups excluding carboxylic acids is 2. The lowest BCUT2D eigenvalue weighted by molar-refractivity contribution is 0.0937. The Morgan fingerprint density at radius 1 is 1.12 bits per heavy atom. The van der Waals surface area contributed by atoms with Gasteiger partial charge in [0.15, 0.2) is 0 Å². The van der Waals surface area contributed by atoms with Gasteiger partial charge in [0, 0.05) is 23.5 Å². The molecule has 1 aliphatic carbocycles. The number of nitrogens with one attached hydrogen (secondary N) is 2. The minimum absolute atomic E-state index is 0.204. The number of amides is 2. The Kier molecular flexibility index (Phi) is 5.73. The molecule has 0 radical (unpaired) electrons. The Hall–Kier alpha value is -2.60. The van der Waals surface area contributed by atoms with Gasteiger partial charge in [-0.15, -0.1) is 0 Å². The zero-order valence-electron chi connectivity index (χ0n) is 14.4. The summed E-state index contributed by atoms with van der Waals surface area (Å²) in [5, 5.41) is 6.20. The summed E-state index contributed by atoms with van der Waals surface area (Å²) in [7, 11) is 1.51. The molecule has 1 fully saturated rings. The number of hydrogen-bond donors (Lipinski definition) is 2. The number of pyridine rings is 1. The van der Waals surface area contributed by atoms with Crippen LogP contribution in [0.25, 0.3) is 0 Å². The number of hydrogen-bond acceptors (Lipinski definition) is 4. The van der Waals surface area contributed by atoms with E-state index in [0.717, 1.165) is 25.7 Å². The van der Waals surface area contributed by atoms with Crippen LogP contribution in [0, 0.1) is 0 Å². The Morgan fingerprint density at radius 3 is 2.50 bits per heavy atom. The summed E-state index contributed by atoms with van der Waals surface area (Å²) in [6, 6.07) is 6.68. The standard InChI is InChI=1S/C19H20ClN3O3/c1-26-17-7-6-14(20)9-16(17)23-19(25)13-8-12(10-21-11-13)18(24)22-15-4-2-3-5-15/h6-11,15H,2-5H2,1H3,(H,22,24)(H,23,25). The number of aromatic nitrogens is 1. The summed E-state index contributed by atoms with van der Waals surface area (Å²) in [6.45, 7) is 0. The first-order valence-corrected chi connectivity index (χ1v) is 8.85. The lowest BCUT2D eigenvalue weighted by Crippen LogP contribution is -2.32. The van der Waals surface area contributed by atoms with Gasteiger partial charge in [0.2, 0.25) is 0 Å². The summed E-state index contributed by atoms with van der Waals surface area (Å²) in [5.41, 5.74) is 1.10. The van der Waals surface area contributed by atoms with Crippen molar-refractivity contribution in [2.75, 3.05) is 12.4 Å². The van der Waals surface area contributed by atoms with Crippen molar-refractivity contribution in [3.63, 3.8) is 0 Å². The van der Waals surface area contributed by atoms with Gasteiger partial charge >= 0.3 is 0 Å². The topological polar surface area (TPSA) is 80.3 Å². The number of rotatable bonds is 5. The van der Waals surface area contributed by atoms with E-state index in [1.807, 2.05) is 0 Å². The first kappa shape index (κ1) is 18.2. The van der Waals surface area contributed by atoms with E-state index in [1.54, 1.807) is 18.2 Å². The van der Waals surface area contributed by atoms with Crippen molar-refractivity contribution in [1.29, 1.82) is 0 Å². The molecule has 6 nitrogen and oxygen atoms in total. The highest BCUT2D eigenvalue weighted by molar-refractivity contribution is 6.31. The van der Waals surface area contributed by atoms with Gasteiger partial charge in [-0.2, -0.15) is 0 Å². The van der Waals surface area contributed by atoms with Gasteiger partial charge in [-0.1, -0.05) is 24.4 Å². The highest BCUT2D eigenvalue weighted by atomic mass is 35.5. The maximum absolute atomic E-state index is 12.5. The summed E-state index contributed by atoms with van der Waals surface area (Å²) < 4.78 is 5.22. The molecule has 2 aromatic rings. The predicted octanol–water partition coefficient (Wildman–Crippen LogP) is 3.67. The predicted molar refractivity (Wildman–Crippen MR) is 99.9 cm³/mol. The maximum atomic E-state index is 12.5. The van der Waals surface area contributed by atoms with E-state index >= 15 is 0 Å². The lowest BCUT2D eigenvalue weighted by atomic mass is 10.1. The molecule has 0 atom stereocenters. The third kappa shape index (κ3) is 4.32. The van der Waals surface area contributed by atoms with Crippen LogP contribution in [0.1, 0.15) is 46.4 Å². The largest absolute Gasteiger partial charge is 0.495 e. The SMILES string of the molecule is COc1ccc(Cl)cc1NC(=O)c1cncc(C(=O)NC2CCCC2)c1. The highest BCUT2D eigenvalue weighted by Gasteiger charge is 2.19. The maximum Gasteiger partial charge on any atom is 0.257 e. The fourth-order valence-electron chi connectivity index (χ4n) is 3.00. The van der Waals surface area contributed by atoms with Gasteiger partial charge in [0.1, 0.15) is 5.75 Å². The van der Waals surface area contributed by atoms with Crippen LogP contribution >= 0.6 is 11.6 Å². The van der Waals surface area contributed by atoms with Crippen LogP contribution in [0.5, 0.6) is 5.75 Å². The summed E-state index contributed by atoms with van der Waals surface area (Å²) >= 11 is 5.98. The summed E-state index contributed by atoms with van der Waals surface area (Å²) in [5.74, 6) is -0.112. The van der Waals surface area contributed by atoms with Crippen LogP contribution in [0.15, 0.2) is 36.7 Å². The van der Waals surface area contributed by atoms with E-state index < -0.39 is 5.91 Å². The van der Waals surface area contributed by atoms with Crippen molar-refractivity contribution in [2.24, 2.45) is 0 Å². The molecule has 136 valence electrons. The smallest absolute Gasteiger partial charge is 0.257 e. The molecule has 1 saturated carbocycles. The Morgan fingerprint density at radius 2 is 1.81 bits per heavy atom. The van der Waals surface area contributed by atoms with Gasteiger partial charge in [0.05, 0.1) is 23.9 Å². The van der Waals surface area contributed by atoms with E-state index in [1.165, 1.54) is 25.6 Å². The van der Waals surface area contributed by atoms with Crippen LogP contribution in [0.3, 0.4) is 0 Å². The molecule has 3 rings (SSSR count). The average Bonchev–Trinajstić information content (AvgIpc) is 3.15. The first-order chi connectivity index (χ1) is 12.6. The fourth-order valence-corrected chi connectivity index (χ4v) is 3.17. The van der Waals surface area contributed by atoms with Crippen LogP contribution in [-0.4, -0.2) is 29.9 Å². The van der Waals surface area contributed by atoms with Crippen molar-refractivity contribution in [3.8, 4) is 5.75 Å². The first-order valence-electron chi connectivity index (χ1n) is 8.47. The number of benzene rings is 1. The van der Waals surface area contributed by atoms with Gasteiger partial charge < -0.3 is 15.4 Å². The minimum Gasteiger partial charge on any atom is -0.495 e. The molecular formula is C19H20ClN3O3. The molecule has 2 N–H and O–H groups in total. The quantitative estimate of drug-likeness (QED) is 0.838. The molecule has 1 heterocycles. The molecule has 0 spiro atoms. The number of halogens is 1. The Bertz CT molecular complexity index is 819. The van der Waals surface area contributed by atoms with E-state index in [4.69, 9.17) is 16.3 Å². The Labute approximate surface area is 156 Å². The average molecular weight is 374 g/mol. The van der Waals surface area contributed by atoms with Crippen molar-refractivity contribution in [1.82, 2.24) is 10.3 Å². The molecule has 26 heavy (non-hydrogen) atoms. The number of methoxy groups -OCH3 is 1. The minimum atomic E-state index is -0.395. The zero-order chi connectivity index (χ0) is 18.5. The Balaban J connectivity index is 1.74. The molecule has 1 aromatic carbocycles. The number of anilines is 1. The van der Waals surface area contributed by atoms with Gasteiger partial charge in [0.25, 0.3) is 11.8 Å². The van der Waals surface area contributed by atoms with Gasteiger partial charge in [-0.05, 0) is 37.1 Å². The molecule has 0 unspecified atom stereocenters. The van der Waals surface area contributed by atoms with E-state index in [-0.39, 0.29) is 17.5 Å². The zero-order valence-corrected chi connectivity index (χ0v) is 15.2. The van der Waals surface area contributed by atoms with Crippen molar-refractivity contribution in [2.45, 2.75) is 31.7 Å². The van der Waals surface area contributed by atoms with Gasteiger partial charge in [-0.3, -0.25) is 14.6 Å². The molecule has 0 saturated heterocycles. The van der Waals surface area contributed by atoms with E-state index in [0.29, 0.717) is 22.0 Å². The second kappa shape index (κ2) is 8.19. The number of carbonyl (C=O) groups is 2. The van der Waals surface area contributed by atoms with Crippen molar-refractivity contribution in [3.05, 3.63) is 52.8 Å². The second-order valence-corrected chi connectivity index (χ2v) is 6.65. The lowest BCUT2D eigenvalue weighted by Gasteiger charge is -2.13. The van der Waals surface area contributed by atoms with Crippen LogP contribution < -0.4 is 15.4 Å². The van der Waals surface area contributed by atoms with E-state index in [9.17, 15) is 9.59 Å². The molecular weight excluding hydrogens is 354 g/mol. The van der Waals surface area contributed by atoms with Crippen molar-refractivity contribution >= 4 is 29.1 Å². The summed E-state index contributed by atoms with van der Waals surface area (Å²) in [6.07, 6.45) is 7.13. The van der Waals surface area contributed by atoms with Crippen LogP contribution in [-0.2, 0) is 0 Å². The molecule has 1 aromatic heterocycles. The molecule has 0 bridgehead atoms. The number of nitrogens with zero attached hydrogens (tertiary/aromatic N) is 1. The van der Waals surface area contributed by atoms with E-state index in [2.05, 4.69) is 15.6 Å². The van der Waals surface area contributed by atoms with Gasteiger partial charge in [-0.25, -0.2) is 0 Å². The normalized spacial score (nSPS) is 14.1. The third-order valence-corrected chi connectivity index (χ3v) is 4.60. The third-order valence-electron chi connectivity index (χ3n) is 4.36. The monoisotopic (exact) mass is 373 g/mol. The number of ether oxygens (including phenoxy) is 1. The van der Waals surface area contributed by atoms with Crippen LogP contribution in [0.4, 0.5) is 5.69 Å². The summed E-state index contributed by atoms with van der Waals surface area (Å²) in [4.78, 5) is 28.9.